The Labute approximate surface area is 163 Å². The van der Waals surface area contributed by atoms with Gasteiger partial charge in [0.15, 0.2) is 6.73 Å². The molecule has 1 N–H and O–H groups in total. The Bertz CT molecular complexity index is 853. The molecular formula is C21H23ClN2O3. The number of aromatic nitrogens is 1. The lowest BCUT2D eigenvalue weighted by Crippen LogP contribution is -2.51. The molecule has 4 rings (SSSR count). The van der Waals surface area contributed by atoms with Gasteiger partial charge in [0, 0.05) is 6.20 Å². The molecule has 2 aromatic rings. The summed E-state index contributed by atoms with van der Waals surface area (Å²) >= 11 is 5.86. The van der Waals surface area contributed by atoms with Gasteiger partial charge >= 0.3 is 0 Å². The Morgan fingerprint density at radius 2 is 2.11 bits per heavy atom. The van der Waals surface area contributed by atoms with E-state index in [1.54, 1.807) is 17.2 Å². The van der Waals surface area contributed by atoms with Gasteiger partial charge in [-0.15, -0.1) is 0 Å². The standard InChI is InChI=1S/C21H23ClN2O3/c1-13-8-19-16(10-15(13)9-14-6-7-20(22)23-11-14)21(26)24(12-27-19)17-4-2-3-5-18(17)25/h6-8,10-11,17-18,25H,2-5,9,12H2,1H3/t17?,18-/m0/s1. The summed E-state index contributed by atoms with van der Waals surface area (Å²) in [5.74, 6) is 0.565. The smallest absolute Gasteiger partial charge is 0.260 e. The predicted molar refractivity (Wildman–Crippen MR) is 103 cm³/mol. The van der Waals surface area contributed by atoms with E-state index < -0.39 is 6.10 Å². The normalized spacial score (nSPS) is 22.3. The van der Waals surface area contributed by atoms with E-state index in [9.17, 15) is 9.90 Å². The molecule has 6 heteroatoms. The van der Waals surface area contributed by atoms with E-state index in [2.05, 4.69) is 4.98 Å². The number of carbonyl (C=O) groups is 1. The number of amides is 1. The van der Waals surface area contributed by atoms with Crippen LogP contribution in [0.25, 0.3) is 0 Å². The van der Waals surface area contributed by atoms with Crippen molar-refractivity contribution >= 4 is 17.5 Å². The summed E-state index contributed by atoms with van der Waals surface area (Å²) in [4.78, 5) is 18.9. The number of carbonyl (C=O) groups excluding carboxylic acids is 1. The zero-order valence-electron chi connectivity index (χ0n) is 15.3. The Morgan fingerprint density at radius 3 is 2.85 bits per heavy atom. The van der Waals surface area contributed by atoms with Gasteiger partial charge in [-0.2, -0.15) is 0 Å². The van der Waals surface area contributed by atoms with Crippen molar-refractivity contribution in [3.8, 4) is 5.75 Å². The van der Waals surface area contributed by atoms with E-state index in [0.29, 0.717) is 22.9 Å². The molecule has 1 aliphatic heterocycles. The van der Waals surface area contributed by atoms with Crippen molar-refractivity contribution in [1.82, 2.24) is 9.88 Å². The molecule has 1 amide bonds. The van der Waals surface area contributed by atoms with Crippen molar-refractivity contribution in [2.24, 2.45) is 0 Å². The van der Waals surface area contributed by atoms with Crippen LogP contribution in [0.15, 0.2) is 30.5 Å². The largest absolute Gasteiger partial charge is 0.472 e. The van der Waals surface area contributed by atoms with Gasteiger partial charge < -0.3 is 9.84 Å². The quantitative estimate of drug-likeness (QED) is 0.816. The van der Waals surface area contributed by atoms with Gasteiger partial charge in [0.1, 0.15) is 10.9 Å². The maximum absolute atomic E-state index is 13.1. The Morgan fingerprint density at radius 1 is 1.30 bits per heavy atom. The van der Waals surface area contributed by atoms with Crippen molar-refractivity contribution in [1.29, 1.82) is 0 Å². The lowest BCUT2D eigenvalue weighted by atomic mass is 9.90. The van der Waals surface area contributed by atoms with Crippen LogP contribution in [0.1, 0.15) is 52.7 Å². The first-order chi connectivity index (χ1) is 13.0. The molecule has 2 heterocycles. The lowest BCUT2D eigenvalue weighted by Gasteiger charge is -2.39. The second kappa shape index (κ2) is 7.49. The highest BCUT2D eigenvalue weighted by Crippen LogP contribution is 2.33. The van der Waals surface area contributed by atoms with Crippen molar-refractivity contribution in [3.05, 3.63) is 57.9 Å². The SMILES string of the molecule is Cc1cc2c(cc1Cc1ccc(Cl)nc1)C(=O)N(C1CCCC[C@@H]1O)CO2. The maximum atomic E-state index is 13.1. The van der Waals surface area contributed by atoms with Crippen molar-refractivity contribution < 1.29 is 14.6 Å². The number of aliphatic hydroxyl groups excluding tert-OH is 1. The molecule has 0 spiro atoms. The van der Waals surface area contributed by atoms with Crippen LogP contribution in [0.2, 0.25) is 5.15 Å². The number of benzene rings is 1. The summed E-state index contributed by atoms with van der Waals surface area (Å²) in [5, 5.41) is 10.8. The summed E-state index contributed by atoms with van der Waals surface area (Å²) in [7, 11) is 0. The number of rotatable bonds is 3. The molecule has 1 aromatic heterocycles. The number of hydrogen-bond donors (Lipinski definition) is 1. The van der Waals surface area contributed by atoms with Gasteiger partial charge in [-0.05, 0) is 61.1 Å². The molecule has 0 radical (unpaired) electrons. The first-order valence-electron chi connectivity index (χ1n) is 9.38. The maximum Gasteiger partial charge on any atom is 0.260 e. The molecule has 1 saturated carbocycles. The average molecular weight is 387 g/mol. The van der Waals surface area contributed by atoms with E-state index in [0.717, 1.165) is 42.4 Å². The third-order valence-electron chi connectivity index (χ3n) is 5.57. The molecule has 27 heavy (non-hydrogen) atoms. The Balaban J connectivity index is 1.61. The zero-order chi connectivity index (χ0) is 19.0. The van der Waals surface area contributed by atoms with Crippen molar-refractivity contribution in [2.45, 2.75) is 51.2 Å². The summed E-state index contributed by atoms with van der Waals surface area (Å²) in [5.41, 5.74) is 3.73. The van der Waals surface area contributed by atoms with Crippen LogP contribution in [0, 0.1) is 6.92 Å². The van der Waals surface area contributed by atoms with Gasteiger partial charge in [0.2, 0.25) is 0 Å². The molecule has 142 valence electrons. The van der Waals surface area contributed by atoms with Crippen molar-refractivity contribution in [2.75, 3.05) is 6.73 Å². The van der Waals surface area contributed by atoms with E-state index in [-0.39, 0.29) is 18.7 Å². The summed E-state index contributed by atoms with van der Waals surface area (Å²) < 4.78 is 5.87. The van der Waals surface area contributed by atoms with E-state index >= 15 is 0 Å². The number of fused-ring (bicyclic) bond motifs is 1. The fraction of sp³-hybridized carbons (Fsp3) is 0.429. The lowest BCUT2D eigenvalue weighted by molar-refractivity contribution is -0.0124. The number of pyridine rings is 1. The number of aliphatic hydroxyl groups is 1. The van der Waals surface area contributed by atoms with Crippen LogP contribution in [0.3, 0.4) is 0 Å². The van der Waals surface area contributed by atoms with Crippen LogP contribution in [-0.4, -0.2) is 39.8 Å². The second-order valence-electron chi connectivity index (χ2n) is 7.41. The topological polar surface area (TPSA) is 62.7 Å². The van der Waals surface area contributed by atoms with Crippen LogP contribution in [-0.2, 0) is 6.42 Å². The van der Waals surface area contributed by atoms with E-state index in [1.807, 2.05) is 25.1 Å². The fourth-order valence-corrected chi connectivity index (χ4v) is 4.10. The minimum Gasteiger partial charge on any atom is -0.472 e. The average Bonchev–Trinajstić information content (AvgIpc) is 2.66. The van der Waals surface area contributed by atoms with Gasteiger partial charge in [-0.25, -0.2) is 4.98 Å². The molecular weight excluding hydrogens is 364 g/mol. The third kappa shape index (κ3) is 3.66. The molecule has 5 nitrogen and oxygen atoms in total. The minimum atomic E-state index is -0.474. The Kier molecular flexibility index (Phi) is 5.06. The van der Waals surface area contributed by atoms with Crippen LogP contribution in [0.5, 0.6) is 5.75 Å². The summed E-state index contributed by atoms with van der Waals surface area (Å²) in [6, 6.07) is 7.40. The monoisotopic (exact) mass is 386 g/mol. The van der Waals surface area contributed by atoms with Gasteiger partial charge in [0.05, 0.1) is 17.7 Å². The van der Waals surface area contributed by atoms with Gasteiger partial charge in [0.25, 0.3) is 5.91 Å². The first-order valence-corrected chi connectivity index (χ1v) is 9.76. The highest BCUT2D eigenvalue weighted by Gasteiger charge is 2.36. The second-order valence-corrected chi connectivity index (χ2v) is 7.80. The molecule has 1 fully saturated rings. The summed E-state index contributed by atoms with van der Waals surface area (Å²) in [6.45, 7) is 2.22. The zero-order valence-corrected chi connectivity index (χ0v) is 16.1. The molecule has 2 aliphatic rings. The molecule has 0 saturated heterocycles. The highest BCUT2D eigenvalue weighted by atomic mass is 35.5. The van der Waals surface area contributed by atoms with Gasteiger partial charge in [-0.3, -0.25) is 9.69 Å². The number of aryl methyl sites for hydroxylation is 1. The molecule has 1 aromatic carbocycles. The molecule has 2 atom stereocenters. The third-order valence-corrected chi connectivity index (χ3v) is 5.79. The number of halogens is 1. The van der Waals surface area contributed by atoms with Crippen LogP contribution < -0.4 is 4.74 Å². The van der Waals surface area contributed by atoms with E-state index in [1.165, 1.54) is 0 Å². The Hall–Kier alpha value is -2.11. The molecule has 1 unspecified atom stereocenters. The number of ether oxygens (including phenoxy) is 1. The van der Waals surface area contributed by atoms with E-state index in [4.69, 9.17) is 16.3 Å². The fourth-order valence-electron chi connectivity index (χ4n) is 3.99. The summed E-state index contributed by atoms with van der Waals surface area (Å²) in [6.07, 6.45) is 5.55. The number of nitrogens with zero attached hydrogens (tertiary/aromatic N) is 2. The van der Waals surface area contributed by atoms with Crippen molar-refractivity contribution in [3.63, 3.8) is 0 Å². The van der Waals surface area contributed by atoms with Crippen LogP contribution in [0.4, 0.5) is 0 Å². The highest BCUT2D eigenvalue weighted by molar-refractivity contribution is 6.29. The first kappa shape index (κ1) is 18.3. The molecule has 1 aliphatic carbocycles. The molecule has 0 bridgehead atoms. The van der Waals surface area contributed by atoms with Crippen LogP contribution >= 0.6 is 11.6 Å². The minimum absolute atomic E-state index is 0.0577. The number of hydrogen-bond acceptors (Lipinski definition) is 4. The predicted octanol–water partition coefficient (Wildman–Crippen LogP) is 3.73. The van der Waals surface area contributed by atoms with Gasteiger partial charge in [-0.1, -0.05) is 30.5 Å².